The molecule has 90 valence electrons. The van der Waals surface area contributed by atoms with E-state index in [1.807, 2.05) is 37.5 Å². The Hall–Kier alpha value is -1.68. The molecule has 0 aliphatic rings. The summed E-state index contributed by atoms with van der Waals surface area (Å²) in [5.74, 6) is 0. The first-order chi connectivity index (χ1) is 8.13. The Balaban J connectivity index is 2.32. The van der Waals surface area contributed by atoms with Gasteiger partial charge in [-0.15, -0.1) is 0 Å². The highest BCUT2D eigenvalue weighted by Crippen LogP contribution is 2.17. The van der Waals surface area contributed by atoms with Gasteiger partial charge >= 0.3 is 0 Å². The highest BCUT2D eigenvalue weighted by atomic mass is 16.3. The number of rotatable bonds is 3. The lowest BCUT2D eigenvalue weighted by molar-refractivity contribution is 0.169. The molecule has 4 nitrogen and oxygen atoms in total. The minimum absolute atomic E-state index is 0.477. The number of pyridine rings is 1. The predicted molar refractivity (Wildman–Crippen MR) is 66.1 cm³/mol. The molecule has 0 unspecified atom stereocenters. The molecule has 0 aliphatic heterocycles. The Bertz CT molecular complexity index is 502. The van der Waals surface area contributed by atoms with E-state index in [-0.39, 0.29) is 0 Å². The maximum absolute atomic E-state index is 9.67. The fourth-order valence-electron chi connectivity index (χ4n) is 1.71. The second-order valence-corrected chi connectivity index (χ2v) is 4.15. The van der Waals surface area contributed by atoms with Crippen molar-refractivity contribution in [2.24, 2.45) is 0 Å². The third kappa shape index (κ3) is 2.22. The van der Waals surface area contributed by atoms with Crippen molar-refractivity contribution in [1.29, 1.82) is 0 Å². The summed E-state index contributed by atoms with van der Waals surface area (Å²) >= 11 is 0. The summed E-state index contributed by atoms with van der Waals surface area (Å²) in [6, 6.07) is 3.81. The van der Waals surface area contributed by atoms with Gasteiger partial charge in [0, 0.05) is 5.69 Å². The summed E-state index contributed by atoms with van der Waals surface area (Å²) in [6.07, 6.45) is 3.75. The largest absolute Gasteiger partial charge is 0.387 e. The van der Waals surface area contributed by atoms with Crippen LogP contribution in [0.1, 0.15) is 36.5 Å². The van der Waals surface area contributed by atoms with E-state index in [1.54, 1.807) is 12.5 Å². The second kappa shape index (κ2) is 4.67. The molecular formula is C13H17N3O. The standard InChI is InChI=1S/C13H17N3O/c1-4-13(17)12-6-5-11(7-14-12)16-8-15-9(2)10(16)3/h5-8,13,17H,4H2,1-3H3/t13-/m1/s1. The fraction of sp³-hybridized carbons (Fsp3) is 0.385. The topological polar surface area (TPSA) is 50.9 Å². The van der Waals surface area contributed by atoms with E-state index in [0.29, 0.717) is 12.1 Å². The number of aliphatic hydroxyl groups excluding tert-OH is 1. The van der Waals surface area contributed by atoms with E-state index in [9.17, 15) is 5.11 Å². The molecular weight excluding hydrogens is 214 g/mol. The average Bonchev–Trinajstić information content (AvgIpc) is 2.69. The van der Waals surface area contributed by atoms with E-state index < -0.39 is 6.10 Å². The van der Waals surface area contributed by atoms with Gasteiger partial charge in [-0.1, -0.05) is 6.92 Å². The van der Waals surface area contributed by atoms with Crippen molar-refractivity contribution >= 4 is 0 Å². The van der Waals surface area contributed by atoms with Gasteiger partial charge in [0.2, 0.25) is 0 Å². The number of aliphatic hydroxyl groups is 1. The number of hydrogen-bond donors (Lipinski definition) is 1. The van der Waals surface area contributed by atoms with Crippen molar-refractivity contribution < 1.29 is 5.11 Å². The lowest BCUT2D eigenvalue weighted by Crippen LogP contribution is -2.01. The molecule has 0 aliphatic carbocycles. The first-order valence-corrected chi connectivity index (χ1v) is 5.78. The van der Waals surface area contributed by atoms with Crippen LogP contribution in [-0.2, 0) is 0 Å². The van der Waals surface area contributed by atoms with Crippen molar-refractivity contribution in [2.45, 2.75) is 33.3 Å². The van der Waals surface area contributed by atoms with Crippen LogP contribution in [0.25, 0.3) is 5.69 Å². The van der Waals surface area contributed by atoms with Gasteiger partial charge in [-0.3, -0.25) is 4.98 Å². The fourth-order valence-corrected chi connectivity index (χ4v) is 1.71. The number of imidazole rings is 1. The molecule has 0 bridgehead atoms. The van der Waals surface area contributed by atoms with Gasteiger partial charge in [-0.2, -0.15) is 0 Å². The lowest BCUT2D eigenvalue weighted by atomic mass is 10.2. The second-order valence-electron chi connectivity index (χ2n) is 4.15. The van der Waals surface area contributed by atoms with Crippen LogP contribution in [0.4, 0.5) is 0 Å². The van der Waals surface area contributed by atoms with E-state index in [4.69, 9.17) is 0 Å². The maximum Gasteiger partial charge on any atom is 0.0997 e. The van der Waals surface area contributed by atoms with Gasteiger partial charge < -0.3 is 9.67 Å². The van der Waals surface area contributed by atoms with Crippen molar-refractivity contribution in [3.8, 4) is 5.69 Å². The highest BCUT2D eigenvalue weighted by Gasteiger charge is 2.08. The third-order valence-corrected chi connectivity index (χ3v) is 3.03. The van der Waals surface area contributed by atoms with Gasteiger partial charge in [0.1, 0.15) is 0 Å². The third-order valence-electron chi connectivity index (χ3n) is 3.03. The van der Waals surface area contributed by atoms with Crippen LogP contribution in [0, 0.1) is 13.8 Å². The van der Waals surface area contributed by atoms with Crippen molar-refractivity contribution in [1.82, 2.24) is 14.5 Å². The number of nitrogens with zero attached hydrogens (tertiary/aromatic N) is 3. The molecule has 0 amide bonds. The van der Waals surface area contributed by atoms with Gasteiger partial charge in [-0.05, 0) is 32.4 Å². The molecule has 1 atom stereocenters. The van der Waals surface area contributed by atoms with Crippen molar-refractivity contribution in [2.75, 3.05) is 0 Å². The summed E-state index contributed by atoms with van der Waals surface area (Å²) in [5.41, 5.74) is 3.80. The van der Waals surface area contributed by atoms with Crippen LogP contribution >= 0.6 is 0 Å². The van der Waals surface area contributed by atoms with Crippen molar-refractivity contribution in [3.63, 3.8) is 0 Å². The molecule has 0 radical (unpaired) electrons. The zero-order chi connectivity index (χ0) is 12.4. The molecule has 2 aromatic heterocycles. The summed E-state index contributed by atoms with van der Waals surface area (Å²) < 4.78 is 1.99. The normalized spacial score (nSPS) is 12.7. The lowest BCUT2D eigenvalue weighted by Gasteiger charge is -2.09. The molecule has 0 spiro atoms. The van der Waals surface area contributed by atoms with Gasteiger partial charge in [0.15, 0.2) is 0 Å². The summed E-state index contributed by atoms with van der Waals surface area (Å²) in [6.45, 7) is 5.94. The Morgan fingerprint density at radius 1 is 1.29 bits per heavy atom. The molecule has 2 heterocycles. The van der Waals surface area contributed by atoms with E-state index in [0.717, 1.165) is 17.1 Å². The Morgan fingerprint density at radius 2 is 2.06 bits per heavy atom. The average molecular weight is 231 g/mol. The van der Waals surface area contributed by atoms with Crippen LogP contribution in [0.5, 0.6) is 0 Å². The van der Waals surface area contributed by atoms with Crippen LogP contribution in [0.15, 0.2) is 24.7 Å². The van der Waals surface area contributed by atoms with Gasteiger partial charge in [0.05, 0.1) is 35.7 Å². The monoisotopic (exact) mass is 231 g/mol. The molecule has 17 heavy (non-hydrogen) atoms. The smallest absolute Gasteiger partial charge is 0.0997 e. The quantitative estimate of drug-likeness (QED) is 0.882. The van der Waals surface area contributed by atoms with E-state index in [1.165, 1.54) is 0 Å². The predicted octanol–water partition coefficient (Wildman–Crippen LogP) is 2.33. The Labute approximate surface area is 101 Å². The minimum Gasteiger partial charge on any atom is -0.387 e. The molecule has 0 saturated heterocycles. The van der Waals surface area contributed by atoms with E-state index >= 15 is 0 Å². The molecule has 0 fully saturated rings. The first kappa shape index (κ1) is 11.8. The maximum atomic E-state index is 9.67. The highest BCUT2D eigenvalue weighted by molar-refractivity contribution is 5.33. The first-order valence-electron chi connectivity index (χ1n) is 5.78. The van der Waals surface area contributed by atoms with Gasteiger partial charge in [-0.25, -0.2) is 4.98 Å². The molecule has 2 rings (SSSR count). The number of aryl methyl sites for hydroxylation is 1. The number of aromatic nitrogens is 3. The molecule has 0 aromatic carbocycles. The van der Waals surface area contributed by atoms with E-state index in [2.05, 4.69) is 9.97 Å². The molecule has 4 heteroatoms. The zero-order valence-corrected chi connectivity index (χ0v) is 10.4. The Morgan fingerprint density at radius 3 is 2.53 bits per heavy atom. The zero-order valence-electron chi connectivity index (χ0n) is 10.4. The van der Waals surface area contributed by atoms with Crippen LogP contribution in [-0.4, -0.2) is 19.6 Å². The molecule has 2 aromatic rings. The van der Waals surface area contributed by atoms with Crippen molar-refractivity contribution in [3.05, 3.63) is 41.7 Å². The summed E-state index contributed by atoms with van der Waals surface area (Å²) in [7, 11) is 0. The summed E-state index contributed by atoms with van der Waals surface area (Å²) in [4.78, 5) is 8.53. The SMILES string of the molecule is CC[C@@H](O)c1ccc(-n2cnc(C)c2C)cn1. The van der Waals surface area contributed by atoms with Crippen LogP contribution in [0.3, 0.4) is 0 Å². The molecule has 1 N–H and O–H groups in total. The summed E-state index contributed by atoms with van der Waals surface area (Å²) in [5, 5.41) is 9.67. The molecule has 0 saturated carbocycles. The van der Waals surface area contributed by atoms with Crippen LogP contribution in [0.2, 0.25) is 0 Å². The van der Waals surface area contributed by atoms with Crippen LogP contribution < -0.4 is 0 Å². The minimum atomic E-state index is -0.477. The van der Waals surface area contributed by atoms with Gasteiger partial charge in [0.25, 0.3) is 0 Å². The number of hydrogen-bond acceptors (Lipinski definition) is 3. The Kier molecular flexibility index (Phi) is 3.24.